The molecule has 0 saturated carbocycles. The fraction of sp³-hybridized carbons (Fsp3) is 0.500. The zero-order chi connectivity index (χ0) is 10.7. The molecule has 2 N–H and O–H groups in total. The van der Waals surface area contributed by atoms with E-state index in [9.17, 15) is 0 Å². The topological polar surface area (TPSA) is 35.2 Å². The second-order valence-corrected chi connectivity index (χ2v) is 4.45. The third-order valence-electron chi connectivity index (χ3n) is 3.28. The zero-order valence-corrected chi connectivity index (χ0v) is 9.67. The van der Waals surface area contributed by atoms with Crippen molar-refractivity contribution < 1.29 is 4.74 Å². The summed E-state index contributed by atoms with van der Waals surface area (Å²) in [6, 6.07) is 8.11. The Morgan fingerprint density at radius 1 is 1.27 bits per heavy atom. The fourth-order valence-corrected chi connectivity index (χ4v) is 2.74. The summed E-state index contributed by atoms with van der Waals surface area (Å²) in [5.74, 6) is 0.838. The van der Waals surface area contributed by atoms with Crippen LogP contribution in [0.2, 0.25) is 0 Å². The molecule has 1 saturated heterocycles. The molecule has 2 nitrogen and oxygen atoms in total. The van der Waals surface area contributed by atoms with Crippen LogP contribution in [-0.4, -0.2) is 19.0 Å². The molecular weight excluding hydrogens is 206 g/mol. The molecule has 0 atom stereocenters. The van der Waals surface area contributed by atoms with E-state index in [4.69, 9.17) is 10.5 Å². The highest BCUT2D eigenvalue weighted by Gasteiger charge is 2.34. The first-order valence-electron chi connectivity index (χ1n) is 5.32. The lowest BCUT2D eigenvalue weighted by atomic mass is 9.75. The highest BCUT2D eigenvalue weighted by atomic mass is 32.1. The van der Waals surface area contributed by atoms with E-state index in [1.54, 1.807) is 0 Å². The zero-order valence-electron chi connectivity index (χ0n) is 8.78. The summed E-state index contributed by atoms with van der Waals surface area (Å²) in [4.78, 5) is 0. The molecule has 0 bridgehead atoms. The average Bonchev–Trinajstić information content (AvgIpc) is 2.30. The minimum absolute atomic E-state index is 0.118. The van der Waals surface area contributed by atoms with Gasteiger partial charge in [-0.15, -0.1) is 0 Å². The lowest BCUT2D eigenvalue weighted by Crippen LogP contribution is -2.36. The quantitative estimate of drug-likeness (QED) is 0.596. The van der Waals surface area contributed by atoms with Crippen molar-refractivity contribution in [3.63, 3.8) is 0 Å². The van der Waals surface area contributed by atoms with Crippen molar-refractivity contribution in [3.8, 4) is 0 Å². The van der Waals surface area contributed by atoms with Crippen molar-refractivity contribution in [2.45, 2.75) is 18.3 Å². The van der Waals surface area contributed by atoms with Crippen molar-refractivity contribution in [2.24, 2.45) is 0 Å². The maximum atomic E-state index is 6.04. The van der Waals surface area contributed by atoms with Crippen LogP contribution in [0.5, 0.6) is 0 Å². The normalized spacial score (nSPS) is 20.1. The van der Waals surface area contributed by atoms with Gasteiger partial charge in [0.1, 0.15) is 0 Å². The summed E-state index contributed by atoms with van der Waals surface area (Å²) in [6.07, 6.45) is 2.04. The number of benzene rings is 1. The molecule has 3 heteroatoms. The van der Waals surface area contributed by atoms with Crippen LogP contribution >= 0.6 is 12.6 Å². The van der Waals surface area contributed by atoms with E-state index in [0.717, 1.165) is 37.5 Å². The van der Waals surface area contributed by atoms with E-state index in [0.29, 0.717) is 0 Å². The second-order valence-electron chi connectivity index (χ2n) is 4.14. The van der Waals surface area contributed by atoms with Crippen LogP contribution in [0.3, 0.4) is 0 Å². The van der Waals surface area contributed by atoms with Crippen LogP contribution in [0.15, 0.2) is 24.3 Å². The standard InChI is InChI=1S/C12H17NOS/c13-11-4-2-1-3-10(11)12(9-15)5-7-14-8-6-12/h1-4,15H,5-9,13H2. The van der Waals surface area contributed by atoms with Crippen molar-refractivity contribution in [3.05, 3.63) is 29.8 Å². The number of para-hydroxylation sites is 1. The first-order valence-corrected chi connectivity index (χ1v) is 5.95. The molecule has 2 rings (SSSR count). The molecular formula is C12H17NOS. The van der Waals surface area contributed by atoms with Gasteiger partial charge in [0.2, 0.25) is 0 Å². The van der Waals surface area contributed by atoms with E-state index in [-0.39, 0.29) is 5.41 Å². The third-order valence-corrected chi connectivity index (χ3v) is 3.89. The minimum Gasteiger partial charge on any atom is -0.398 e. The highest BCUT2D eigenvalue weighted by molar-refractivity contribution is 7.80. The van der Waals surface area contributed by atoms with Gasteiger partial charge in [-0.05, 0) is 24.5 Å². The highest BCUT2D eigenvalue weighted by Crippen LogP contribution is 2.38. The monoisotopic (exact) mass is 223 g/mol. The number of thiol groups is 1. The predicted octanol–water partition coefficient (Wildman–Crippen LogP) is 2.25. The summed E-state index contributed by atoms with van der Waals surface area (Å²) < 4.78 is 5.41. The van der Waals surface area contributed by atoms with Crippen LogP contribution in [0.1, 0.15) is 18.4 Å². The Kier molecular flexibility index (Phi) is 3.22. The Morgan fingerprint density at radius 2 is 1.93 bits per heavy atom. The van der Waals surface area contributed by atoms with Crippen molar-refractivity contribution >= 4 is 18.3 Å². The molecule has 82 valence electrons. The van der Waals surface area contributed by atoms with Crippen LogP contribution in [0, 0.1) is 0 Å². The molecule has 0 aliphatic carbocycles. The number of hydrogen-bond donors (Lipinski definition) is 2. The van der Waals surface area contributed by atoms with Gasteiger partial charge in [-0.2, -0.15) is 12.6 Å². The van der Waals surface area contributed by atoms with Gasteiger partial charge in [0.15, 0.2) is 0 Å². The van der Waals surface area contributed by atoms with Gasteiger partial charge >= 0.3 is 0 Å². The smallest absolute Gasteiger partial charge is 0.0474 e. The Labute approximate surface area is 96.2 Å². The van der Waals surface area contributed by atoms with E-state index in [2.05, 4.69) is 18.7 Å². The van der Waals surface area contributed by atoms with Crippen LogP contribution < -0.4 is 5.73 Å². The summed E-state index contributed by atoms with van der Waals surface area (Å²) in [5, 5.41) is 0. The van der Waals surface area contributed by atoms with Gasteiger partial charge in [0.25, 0.3) is 0 Å². The summed E-state index contributed by atoms with van der Waals surface area (Å²) in [7, 11) is 0. The van der Waals surface area contributed by atoms with E-state index < -0.39 is 0 Å². The number of nitrogens with two attached hydrogens (primary N) is 1. The fourth-order valence-electron chi connectivity index (χ4n) is 2.25. The summed E-state index contributed by atoms with van der Waals surface area (Å²) >= 11 is 4.50. The molecule has 1 heterocycles. The maximum absolute atomic E-state index is 6.04. The molecule has 1 aromatic carbocycles. The predicted molar refractivity (Wildman–Crippen MR) is 66.4 cm³/mol. The molecule has 0 aromatic heterocycles. The molecule has 0 amide bonds. The molecule has 15 heavy (non-hydrogen) atoms. The van der Waals surface area contributed by atoms with Crippen molar-refractivity contribution in [2.75, 3.05) is 24.7 Å². The van der Waals surface area contributed by atoms with Gasteiger partial charge in [-0.3, -0.25) is 0 Å². The van der Waals surface area contributed by atoms with Crippen LogP contribution in [0.4, 0.5) is 5.69 Å². The molecule has 0 spiro atoms. The molecule has 1 aromatic rings. The van der Waals surface area contributed by atoms with Gasteiger partial charge in [-0.1, -0.05) is 18.2 Å². The molecule has 0 unspecified atom stereocenters. The van der Waals surface area contributed by atoms with Crippen molar-refractivity contribution in [1.82, 2.24) is 0 Å². The molecule has 1 aliphatic heterocycles. The van der Waals surface area contributed by atoms with E-state index in [1.807, 2.05) is 18.2 Å². The van der Waals surface area contributed by atoms with E-state index >= 15 is 0 Å². The lowest BCUT2D eigenvalue weighted by Gasteiger charge is -2.37. The largest absolute Gasteiger partial charge is 0.398 e. The molecule has 0 radical (unpaired) electrons. The first-order chi connectivity index (χ1) is 7.28. The number of nitrogen functional groups attached to an aromatic ring is 1. The minimum atomic E-state index is 0.118. The van der Waals surface area contributed by atoms with Crippen LogP contribution in [-0.2, 0) is 10.2 Å². The Bertz CT molecular complexity index is 334. The number of rotatable bonds is 2. The second kappa shape index (κ2) is 4.45. The number of anilines is 1. The lowest BCUT2D eigenvalue weighted by molar-refractivity contribution is 0.0583. The van der Waals surface area contributed by atoms with Crippen molar-refractivity contribution in [1.29, 1.82) is 0 Å². The summed E-state index contributed by atoms with van der Waals surface area (Å²) in [5.41, 5.74) is 8.28. The Morgan fingerprint density at radius 3 is 2.53 bits per heavy atom. The van der Waals surface area contributed by atoms with Gasteiger partial charge < -0.3 is 10.5 Å². The number of hydrogen-bond acceptors (Lipinski definition) is 3. The Hall–Kier alpha value is -0.670. The molecule has 1 aliphatic rings. The van der Waals surface area contributed by atoms with Gasteiger partial charge in [-0.25, -0.2) is 0 Å². The van der Waals surface area contributed by atoms with Crippen LogP contribution in [0.25, 0.3) is 0 Å². The SMILES string of the molecule is Nc1ccccc1C1(CS)CCOCC1. The summed E-state index contributed by atoms with van der Waals surface area (Å²) in [6.45, 7) is 1.63. The van der Waals surface area contributed by atoms with E-state index in [1.165, 1.54) is 5.56 Å². The first kappa shape index (κ1) is 10.8. The molecule has 1 fully saturated rings. The number of ether oxygens (including phenoxy) is 1. The van der Waals surface area contributed by atoms with Gasteiger partial charge in [0.05, 0.1) is 0 Å². The Balaban J connectivity index is 2.36. The maximum Gasteiger partial charge on any atom is 0.0474 e. The third kappa shape index (κ3) is 1.99. The van der Waals surface area contributed by atoms with Gasteiger partial charge in [0, 0.05) is 30.1 Å². The average molecular weight is 223 g/mol.